The Bertz CT molecular complexity index is 468. The molecule has 2 saturated carbocycles. The molecule has 0 aliphatic heterocycles. The molecule has 0 spiro atoms. The van der Waals surface area contributed by atoms with Gasteiger partial charge in [-0.1, -0.05) is 37.0 Å². The molecule has 0 radical (unpaired) electrons. The van der Waals surface area contributed by atoms with Gasteiger partial charge in [0, 0.05) is 11.3 Å². The Balaban J connectivity index is 1.69. The number of ketones is 1. The third-order valence-electron chi connectivity index (χ3n) is 4.67. The Hall–Kier alpha value is -0.760. The number of Topliss-reactive ketones (excluding diaryl/α,β-unsaturated/α-hetero) is 1. The lowest BCUT2D eigenvalue weighted by Crippen LogP contribution is -2.35. The van der Waals surface area contributed by atoms with Crippen LogP contribution in [0.3, 0.4) is 0 Å². The standard InChI is InChI=1S/C17H22OS/c1-12-5-4-8-15(9-12)19-17-11-14-7-3-2-6-13(14)10-16(17)18/h4-5,8-9,13-14,17H,2-3,6-7,10-11H2,1H3. The minimum atomic E-state index is 0.209. The van der Waals surface area contributed by atoms with Gasteiger partial charge in [0.05, 0.1) is 5.25 Å². The van der Waals surface area contributed by atoms with Gasteiger partial charge >= 0.3 is 0 Å². The molecular formula is C17H22OS. The Labute approximate surface area is 120 Å². The lowest BCUT2D eigenvalue weighted by Gasteiger charge is -2.38. The summed E-state index contributed by atoms with van der Waals surface area (Å²) < 4.78 is 0. The first kappa shape index (κ1) is 13.2. The molecule has 2 aliphatic rings. The van der Waals surface area contributed by atoms with E-state index in [0.717, 1.165) is 18.8 Å². The number of fused-ring (bicyclic) bond motifs is 1. The van der Waals surface area contributed by atoms with Crippen LogP contribution in [-0.2, 0) is 4.79 Å². The second-order valence-corrected chi connectivity index (χ2v) is 7.41. The van der Waals surface area contributed by atoms with Gasteiger partial charge in [0.1, 0.15) is 5.78 Å². The van der Waals surface area contributed by atoms with Crippen molar-refractivity contribution in [2.45, 2.75) is 55.6 Å². The molecule has 0 saturated heterocycles. The lowest BCUT2D eigenvalue weighted by atomic mass is 9.70. The zero-order valence-electron chi connectivity index (χ0n) is 11.6. The van der Waals surface area contributed by atoms with Crippen LogP contribution in [0.5, 0.6) is 0 Å². The molecule has 3 atom stereocenters. The summed E-state index contributed by atoms with van der Waals surface area (Å²) in [5, 5.41) is 0.209. The number of benzene rings is 1. The van der Waals surface area contributed by atoms with Crippen molar-refractivity contribution >= 4 is 17.5 Å². The summed E-state index contributed by atoms with van der Waals surface area (Å²) in [7, 11) is 0. The molecule has 3 unspecified atom stereocenters. The van der Waals surface area contributed by atoms with E-state index in [1.165, 1.54) is 36.1 Å². The number of carbonyl (C=O) groups excluding carboxylic acids is 1. The quantitative estimate of drug-likeness (QED) is 0.782. The van der Waals surface area contributed by atoms with Crippen LogP contribution < -0.4 is 0 Å². The van der Waals surface area contributed by atoms with Crippen molar-refractivity contribution in [1.29, 1.82) is 0 Å². The molecule has 0 N–H and O–H groups in total. The molecule has 102 valence electrons. The van der Waals surface area contributed by atoms with Crippen molar-refractivity contribution < 1.29 is 4.79 Å². The first-order valence-corrected chi connectivity index (χ1v) is 8.36. The fourth-order valence-electron chi connectivity index (χ4n) is 3.63. The summed E-state index contributed by atoms with van der Waals surface area (Å²) >= 11 is 1.79. The van der Waals surface area contributed by atoms with Gasteiger partial charge in [-0.2, -0.15) is 0 Å². The zero-order valence-corrected chi connectivity index (χ0v) is 12.4. The SMILES string of the molecule is Cc1cccc(SC2CC3CCCCC3CC2=O)c1. The zero-order chi connectivity index (χ0) is 13.2. The summed E-state index contributed by atoms with van der Waals surface area (Å²) in [5.74, 6) is 2.01. The molecule has 0 heterocycles. The van der Waals surface area contributed by atoms with Crippen molar-refractivity contribution in [1.82, 2.24) is 0 Å². The molecule has 1 nitrogen and oxygen atoms in total. The largest absolute Gasteiger partial charge is 0.298 e. The summed E-state index contributed by atoms with van der Waals surface area (Å²) in [6, 6.07) is 8.54. The summed E-state index contributed by atoms with van der Waals surface area (Å²) in [6.45, 7) is 2.11. The fraction of sp³-hybridized carbons (Fsp3) is 0.588. The highest BCUT2D eigenvalue weighted by Gasteiger charge is 2.37. The molecule has 3 rings (SSSR count). The molecule has 2 aliphatic carbocycles. The van der Waals surface area contributed by atoms with Gasteiger partial charge in [0.25, 0.3) is 0 Å². The average Bonchev–Trinajstić information content (AvgIpc) is 2.40. The number of rotatable bonds is 2. The van der Waals surface area contributed by atoms with E-state index in [2.05, 4.69) is 31.2 Å². The van der Waals surface area contributed by atoms with Gasteiger partial charge in [-0.15, -0.1) is 11.8 Å². The maximum absolute atomic E-state index is 12.3. The van der Waals surface area contributed by atoms with Crippen LogP contribution in [0.15, 0.2) is 29.2 Å². The number of hydrogen-bond acceptors (Lipinski definition) is 2. The van der Waals surface area contributed by atoms with E-state index in [1.807, 2.05) is 0 Å². The smallest absolute Gasteiger partial charge is 0.146 e. The third kappa shape index (κ3) is 3.05. The maximum Gasteiger partial charge on any atom is 0.146 e. The minimum absolute atomic E-state index is 0.209. The second-order valence-electron chi connectivity index (χ2n) is 6.13. The van der Waals surface area contributed by atoms with Crippen LogP contribution in [-0.4, -0.2) is 11.0 Å². The highest BCUT2D eigenvalue weighted by atomic mass is 32.2. The molecule has 1 aromatic carbocycles. The molecule has 19 heavy (non-hydrogen) atoms. The van der Waals surface area contributed by atoms with E-state index >= 15 is 0 Å². The molecule has 0 bridgehead atoms. The fourth-order valence-corrected chi connectivity index (χ4v) is 4.94. The van der Waals surface area contributed by atoms with E-state index in [1.54, 1.807) is 11.8 Å². The van der Waals surface area contributed by atoms with Crippen LogP contribution in [0.4, 0.5) is 0 Å². The summed E-state index contributed by atoms with van der Waals surface area (Å²) in [6.07, 6.45) is 7.30. The highest BCUT2D eigenvalue weighted by Crippen LogP contribution is 2.43. The average molecular weight is 274 g/mol. The van der Waals surface area contributed by atoms with E-state index < -0.39 is 0 Å². The van der Waals surface area contributed by atoms with Crippen LogP contribution >= 0.6 is 11.8 Å². The molecule has 2 fully saturated rings. The molecular weight excluding hydrogens is 252 g/mol. The Morgan fingerprint density at radius 2 is 1.95 bits per heavy atom. The Morgan fingerprint density at radius 1 is 1.16 bits per heavy atom. The number of carbonyl (C=O) groups is 1. The summed E-state index contributed by atoms with van der Waals surface area (Å²) in [5.41, 5.74) is 1.28. The summed E-state index contributed by atoms with van der Waals surface area (Å²) in [4.78, 5) is 13.6. The van der Waals surface area contributed by atoms with E-state index in [-0.39, 0.29) is 5.25 Å². The topological polar surface area (TPSA) is 17.1 Å². The van der Waals surface area contributed by atoms with E-state index in [0.29, 0.717) is 11.7 Å². The predicted molar refractivity (Wildman–Crippen MR) is 80.5 cm³/mol. The van der Waals surface area contributed by atoms with Crippen molar-refractivity contribution in [3.05, 3.63) is 29.8 Å². The van der Waals surface area contributed by atoms with Gasteiger partial charge in [0.2, 0.25) is 0 Å². The van der Waals surface area contributed by atoms with Crippen LogP contribution in [0.1, 0.15) is 44.1 Å². The monoisotopic (exact) mass is 274 g/mol. The van der Waals surface area contributed by atoms with Crippen LogP contribution in [0.2, 0.25) is 0 Å². The van der Waals surface area contributed by atoms with E-state index in [9.17, 15) is 4.79 Å². The first-order chi connectivity index (χ1) is 9.22. The third-order valence-corrected chi connectivity index (χ3v) is 5.94. The predicted octanol–water partition coefficient (Wildman–Crippen LogP) is 4.63. The Morgan fingerprint density at radius 3 is 2.74 bits per heavy atom. The molecule has 2 heteroatoms. The lowest BCUT2D eigenvalue weighted by molar-refractivity contribution is -0.122. The molecule has 0 aromatic heterocycles. The highest BCUT2D eigenvalue weighted by molar-refractivity contribution is 8.00. The number of aryl methyl sites for hydroxylation is 1. The van der Waals surface area contributed by atoms with Crippen LogP contribution in [0.25, 0.3) is 0 Å². The van der Waals surface area contributed by atoms with Gasteiger partial charge in [-0.25, -0.2) is 0 Å². The maximum atomic E-state index is 12.3. The minimum Gasteiger partial charge on any atom is -0.298 e. The number of hydrogen-bond donors (Lipinski definition) is 0. The number of thioether (sulfide) groups is 1. The van der Waals surface area contributed by atoms with Gasteiger partial charge in [0.15, 0.2) is 0 Å². The Kier molecular flexibility index (Phi) is 3.97. The second kappa shape index (κ2) is 5.70. The van der Waals surface area contributed by atoms with E-state index in [4.69, 9.17) is 0 Å². The van der Waals surface area contributed by atoms with Crippen molar-refractivity contribution in [3.8, 4) is 0 Å². The van der Waals surface area contributed by atoms with Crippen molar-refractivity contribution in [3.63, 3.8) is 0 Å². The molecule has 0 amide bonds. The first-order valence-electron chi connectivity index (χ1n) is 7.48. The van der Waals surface area contributed by atoms with Crippen LogP contribution in [0, 0.1) is 18.8 Å². The molecule has 1 aromatic rings. The normalized spacial score (nSPS) is 31.0. The van der Waals surface area contributed by atoms with Gasteiger partial charge < -0.3 is 0 Å². The van der Waals surface area contributed by atoms with Crippen molar-refractivity contribution in [2.75, 3.05) is 0 Å². The van der Waals surface area contributed by atoms with Gasteiger partial charge in [-0.3, -0.25) is 4.79 Å². The van der Waals surface area contributed by atoms with Gasteiger partial charge in [-0.05, 0) is 43.7 Å². The van der Waals surface area contributed by atoms with Crippen molar-refractivity contribution in [2.24, 2.45) is 11.8 Å².